The van der Waals surface area contributed by atoms with Crippen LogP contribution < -0.4 is 0 Å². The van der Waals surface area contributed by atoms with E-state index < -0.39 is 0 Å². The van der Waals surface area contributed by atoms with E-state index in [2.05, 4.69) is 167 Å². The van der Waals surface area contributed by atoms with Crippen molar-refractivity contribution in [3.8, 4) is 0 Å². The highest BCUT2D eigenvalue weighted by molar-refractivity contribution is 7.12. The maximum Gasteiger partial charge on any atom is 0.222 e. The summed E-state index contributed by atoms with van der Waals surface area (Å²) in [5.74, 6) is 1.66. The molecule has 5 aromatic heterocycles. The number of rotatable bonds is 3. The quantitative estimate of drug-likeness (QED) is 0.170. The summed E-state index contributed by atoms with van der Waals surface area (Å²) < 4.78 is 1.85. The number of hydrogen-bond acceptors (Lipinski definition) is 13. The first-order chi connectivity index (χ1) is 40.9. The van der Waals surface area contributed by atoms with Gasteiger partial charge < -0.3 is 4.90 Å². The summed E-state index contributed by atoms with van der Waals surface area (Å²) in [5, 5.41) is 9.59. The van der Waals surface area contributed by atoms with Crippen molar-refractivity contribution in [2.24, 2.45) is 5.92 Å². The zero-order valence-corrected chi connectivity index (χ0v) is 61.4. The molecule has 492 valence electrons. The number of nitrogens with zero attached hydrogens (tertiary/aromatic N) is 8. The van der Waals surface area contributed by atoms with Crippen molar-refractivity contribution >= 4 is 62.8 Å². The molecule has 1 amide bonds. The van der Waals surface area contributed by atoms with Gasteiger partial charge in [-0.25, -0.2) is 19.9 Å². The topological polar surface area (TPSA) is 127 Å². The van der Waals surface area contributed by atoms with Crippen LogP contribution in [0.3, 0.4) is 0 Å². The Hall–Kier alpha value is -4.28. The van der Waals surface area contributed by atoms with Crippen LogP contribution in [0.4, 0.5) is 0 Å². The second kappa shape index (κ2) is 30.2. The molecule has 3 aliphatic heterocycles. The molecule has 15 heteroatoms. The number of Topliss-reactive ketones (excluding diaryl/α,β-unsaturated/α-hetero) is 2. The molecule has 0 saturated heterocycles. The van der Waals surface area contributed by atoms with Crippen LogP contribution in [0.5, 0.6) is 0 Å². The smallest absolute Gasteiger partial charge is 0.222 e. The van der Waals surface area contributed by atoms with Crippen LogP contribution in [0, 0.1) is 5.92 Å². The molecule has 0 spiro atoms. The van der Waals surface area contributed by atoms with Gasteiger partial charge in [0.15, 0.2) is 11.6 Å². The number of aryl methyl sites for hydroxylation is 5. The summed E-state index contributed by atoms with van der Waals surface area (Å²) in [6.07, 6.45) is 16.1. The third kappa shape index (κ3) is 20.1. The van der Waals surface area contributed by atoms with E-state index in [1.54, 1.807) is 21.1 Å². The fourth-order valence-corrected chi connectivity index (χ4v) is 16.1. The minimum Gasteiger partial charge on any atom is -0.337 e. The van der Waals surface area contributed by atoms with E-state index in [1.807, 2.05) is 56.6 Å². The fourth-order valence-electron chi connectivity index (χ4n) is 11.2. The lowest BCUT2D eigenvalue weighted by Crippen LogP contribution is -2.34. The molecule has 12 rings (SSSR count). The van der Waals surface area contributed by atoms with Crippen LogP contribution in [-0.2, 0) is 102 Å². The molecule has 11 nitrogen and oxygen atoms in total. The largest absolute Gasteiger partial charge is 0.337 e. The standard InChI is InChI=1S/C13H20N2OS.C13H22N2S.C13H16O.C12H19NS.C11H16N2O.C11H17NS.CH4/c1-5-11(16)15-7-6-9-10(8-15)17-12(14-9)13(2,3)4;1-5-7-15-8-6-10-11(9-15)16-12(14-10)13(2,3)4;1-13(2,3)10-6-4-9-5-7-12(14)11(9)8-10;1-8-5-6-9-10(7-8)14-11(13-9)12(2,3)4;1-11(2,3)10-7-8-9(14)5-4-6-13(8)12-10;1-11(2,3)10-12-8-6-4-5-7-9(8)13-10;/h5-8H2,1-4H3;5-9H2,1-4H3;4,6,8H,5,7H2,1-3H3;8H,5-7H2,1-4H3;7H,4-6H2,1-3H3;4-7H2,1-3H3;1H4. The van der Waals surface area contributed by atoms with Gasteiger partial charge in [0, 0.05) is 110 Å². The lowest BCUT2D eigenvalue weighted by atomic mass is 9.85. The Morgan fingerprint density at radius 3 is 1.56 bits per heavy atom. The summed E-state index contributed by atoms with van der Waals surface area (Å²) in [6, 6.07) is 8.28. The maximum absolute atomic E-state index is 11.7. The van der Waals surface area contributed by atoms with Crippen LogP contribution >= 0.6 is 45.3 Å². The third-order valence-corrected chi connectivity index (χ3v) is 23.0. The molecule has 0 N–H and O–H groups in total. The molecule has 0 radical (unpaired) electrons. The van der Waals surface area contributed by atoms with Gasteiger partial charge in [-0.1, -0.05) is 165 Å². The number of hydrogen-bond donors (Lipinski definition) is 0. The average molecular weight is 1290 g/mol. The van der Waals surface area contributed by atoms with Crippen molar-refractivity contribution < 1.29 is 14.4 Å². The zero-order chi connectivity index (χ0) is 64.9. The van der Waals surface area contributed by atoms with Crippen LogP contribution in [0.1, 0.15) is 304 Å². The number of carbonyl (C=O) groups excluding carboxylic acids is 3. The van der Waals surface area contributed by atoms with Gasteiger partial charge in [0.2, 0.25) is 5.91 Å². The Balaban J connectivity index is 0.000000170. The normalized spacial score (nSPS) is 17.3. The van der Waals surface area contributed by atoms with E-state index in [4.69, 9.17) is 19.9 Å². The predicted molar refractivity (Wildman–Crippen MR) is 379 cm³/mol. The molecule has 1 aromatic carbocycles. The lowest BCUT2D eigenvalue weighted by Gasteiger charge is -2.25. The molecular formula is C74H114N8O3S4. The number of ketones is 2. The minimum absolute atomic E-state index is 0. The van der Waals surface area contributed by atoms with E-state index in [1.165, 1.54) is 128 Å². The maximum atomic E-state index is 11.7. The Kier molecular flexibility index (Phi) is 25.0. The Morgan fingerprint density at radius 2 is 1.04 bits per heavy atom. The first-order valence-corrected chi connectivity index (χ1v) is 36.4. The van der Waals surface area contributed by atoms with E-state index >= 15 is 0 Å². The molecule has 1 atom stereocenters. The van der Waals surface area contributed by atoms with Gasteiger partial charge in [0.1, 0.15) is 5.69 Å². The number of carbonyl (C=O) groups is 3. The van der Waals surface area contributed by atoms with Gasteiger partial charge in [0.05, 0.1) is 55.0 Å². The molecule has 8 heterocycles. The minimum atomic E-state index is 0. The van der Waals surface area contributed by atoms with Crippen molar-refractivity contribution in [1.82, 2.24) is 39.5 Å². The highest BCUT2D eigenvalue weighted by Crippen LogP contribution is 2.38. The van der Waals surface area contributed by atoms with Crippen molar-refractivity contribution in [3.63, 3.8) is 0 Å². The highest BCUT2D eigenvalue weighted by Gasteiger charge is 2.31. The first-order valence-electron chi connectivity index (χ1n) is 33.2. The van der Waals surface area contributed by atoms with Crippen LogP contribution in [0.25, 0.3) is 0 Å². The number of benzene rings is 1. The van der Waals surface area contributed by atoms with Crippen LogP contribution in [-0.4, -0.2) is 76.6 Å². The number of fused-ring (bicyclic) bond motifs is 6. The lowest BCUT2D eigenvalue weighted by molar-refractivity contribution is -0.131. The van der Waals surface area contributed by atoms with Crippen molar-refractivity contribution in [2.45, 2.75) is 301 Å². The SMILES string of the molecule is C.CC(C)(C)c1cc2n(n1)CCCC2=O.CC(C)(C)c1ccc2c(c1)C(=O)CC2.CC(C)(C)c1nc2c(s1)CCCC2.CC1CCc2nc(C(C)(C)C)sc2C1.CCC(=O)N1CCc2nc(C(C)(C)C)sc2C1.CCCN1CCc2nc(C(C)(C)C)sc2C1. The molecule has 0 saturated carbocycles. The summed E-state index contributed by atoms with van der Waals surface area (Å²) in [4.78, 5) is 64.2. The van der Waals surface area contributed by atoms with E-state index in [9.17, 15) is 14.4 Å². The van der Waals surface area contributed by atoms with E-state index in [-0.39, 0.29) is 51.6 Å². The van der Waals surface area contributed by atoms with Gasteiger partial charge >= 0.3 is 0 Å². The molecule has 89 heavy (non-hydrogen) atoms. The van der Waals surface area contributed by atoms with E-state index in [0.717, 1.165) is 74.7 Å². The number of aromatic nitrogens is 6. The second-order valence-electron chi connectivity index (χ2n) is 31.5. The third-order valence-electron chi connectivity index (χ3n) is 16.8. The molecule has 0 fully saturated rings. The fraction of sp³-hybridized carbons (Fsp3) is 0.676. The van der Waals surface area contributed by atoms with Crippen LogP contribution in [0.2, 0.25) is 0 Å². The van der Waals surface area contributed by atoms with Gasteiger partial charge in [-0.15, -0.1) is 45.3 Å². The molecule has 0 bridgehead atoms. The highest BCUT2D eigenvalue weighted by atomic mass is 32.1. The van der Waals surface area contributed by atoms with Crippen molar-refractivity contribution in [1.29, 1.82) is 0 Å². The van der Waals surface area contributed by atoms with Gasteiger partial charge in [0.25, 0.3) is 0 Å². The number of thiazole rings is 4. The van der Waals surface area contributed by atoms with Gasteiger partial charge in [-0.3, -0.25) is 24.0 Å². The molecule has 6 aliphatic rings. The average Bonchev–Trinajstić information content (AvgIpc) is 2.10. The monoisotopic (exact) mass is 1290 g/mol. The Morgan fingerprint density at radius 1 is 0.528 bits per heavy atom. The Bertz CT molecular complexity index is 3300. The summed E-state index contributed by atoms with van der Waals surface area (Å²) in [7, 11) is 0. The molecule has 1 unspecified atom stereocenters. The second-order valence-corrected chi connectivity index (χ2v) is 35.8. The predicted octanol–water partition coefficient (Wildman–Crippen LogP) is 18.7. The Labute approximate surface area is 554 Å². The van der Waals surface area contributed by atoms with Crippen LogP contribution in [0.15, 0.2) is 24.3 Å². The molecule has 6 aromatic rings. The van der Waals surface area contributed by atoms with Gasteiger partial charge in [-0.2, -0.15) is 5.10 Å². The molecule has 3 aliphatic carbocycles. The summed E-state index contributed by atoms with van der Waals surface area (Å²) in [6.45, 7) is 52.2. The number of amides is 1. The summed E-state index contributed by atoms with van der Waals surface area (Å²) >= 11 is 7.55. The van der Waals surface area contributed by atoms with Crippen molar-refractivity contribution in [2.75, 3.05) is 19.6 Å². The van der Waals surface area contributed by atoms with Crippen molar-refractivity contribution in [3.05, 3.63) is 115 Å². The zero-order valence-electron chi connectivity index (χ0n) is 58.2. The summed E-state index contributed by atoms with van der Waals surface area (Å²) in [5.41, 5.74) is 11.5. The van der Waals surface area contributed by atoms with Gasteiger partial charge in [-0.05, 0) is 105 Å². The van der Waals surface area contributed by atoms with E-state index in [0.29, 0.717) is 25.0 Å². The molecular weight excluding hydrogens is 1180 g/mol. The first kappa shape index (κ1) is 73.8.